The van der Waals surface area contributed by atoms with Gasteiger partial charge in [0.15, 0.2) is 0 Å². The summed E-state index contributed by atoms with van der Waals surface area (Å²) < 4.78 is 27.3. The van der Waals surface area contributed by atoms with Crippen molar-refractivity contribution in [2.75, 3.05) is 33.7 Å². The van der Waals surface area contributed by atoms with E-state index < -0.39 is 10.0 Å². The zero-order valence-corrected chi connectivity index (χ0v) is 14.3. The van der Waals surface area contributed by atoms with Crippen LogP contribution in [0.3, 0.4) is 0 Å². The Morgan fingerprint density at radius 2 is 2.00 bits per heavy atom. The summed E-state index contributed by atoms with van der Waals surface area (Å²) >= 11 is 0. The lowest BCUT2D eigenvalue weighted by atomic mass is 9.96. The number of benzene rings is 1. The molecule has 1 fully saturated rings. The molecule has 2 rings (SSSR count). The summed E-state index contributed by atoms with van der Waals surface area (Å²) in [6.45, 7) is 3.40. The largest absolute Gasteiger partial charge is 0.316 e. The van der Waals surface area contributed by atoms with Crippen molar-refractivity contribution in [1.29, 1.82) is 0 Å². The number of sulfonamides is 1. The molecular weight excluding hydrogens is 298 g/mol. The second kappa shape index (κ2) is 8.06. The number of piperidine rings is 1. The minimum atomic E-state index is -3.39. The Labute approximate surface area is 134 Å². The van der Waals surface area contributed by atoms with Crippen LogP contribution in [0.15, 0.2) is 29.2 Å². The van der Waals surface area contributed by atoms with Gasteiger partial charge in [-0.25, -0.2) is 13.1 Å². The van der Waals surface area contributed by atoms with Gasteiger partial charge in [-0.15, -0.1) is 0 Å². The van der Waals surface area contributed by atoms with Crippen molar-refractivity contribution >= 4 is 10.0 Å². The van der Waals surface area contributed by atoms with Crippen molar-refractivity contribution in [1.82, 2.24) is 14.9 Å². The molecule has 5 nitrogen and oxygen atoms in total. The molecule has 1 unspecified atom stereocenters. The van der Waals surface area contributed by atoms with Crippen LogP contribution in [-0.4, -0.2) is 47.0 Å². The Morgan fingerprint density at radius 3 is 2.59 bits per heavy atom. The summed E-state index contributed by atoms with van der Waals surface area (Å²) in [6.07, 6.45) is 3.27. The van der Waals surface area contributed by atoms with Gasteiger partial charge in [0, 0.05) is 13.1 Å². The van der Waals surface area contributed by atoms with Crippen LogP contribution in [0.1, 0.15) is 24.8 Å². The van der Waals surface area contributed by atoms with E-state index in [2.05, 4.69) is 14.9 Å². The van der Waals surface area contributed by atoms with E-state index in [9.17, 15) is 8.42 Å². The van der Waals surface area contributed by atoms with Crippen molar-refractivity contribution in [3.63, 3.8) is 0 Å². The van der Waals surface area contributed by atoms with E-state index in [-0.39, 0.29) is 0 Å². The van der Waals surface area contributed by atoms with Crippen LogP contribution in [0, 0.1) is 5.92 Å². The molecule has 124 valence electrons. The van der Waals surface area contributed by atoms with Crippen LogP contribution in [0.25, 0.3) is 0 Å². The van der Waals surface area contributed by atoms with Crippen molar-refractivity contribution < 1.29 is 8.42 Å². The smallest absolute Gasteiger partial charge is 0.240 e. The first-order chi connectivity index (χ1) is 10.5. The van der Waals surface area contributed by atoms with Crippen molar-refractivity contribution in [2.24, 2.45) is 5.92 Å². The number of nitrogens with one attached hydrogen (secondary N) is 2. The van der Waals surface area contributed by atoms with E-state index in [4.69, 9.17) is 0 Å². The van der Waals surface area contributed by atoms with Crippen molar-refractivity contribution in [3.8, 4) is 0 Å². The van der Waals surface area contributed by atoms with Crippen LogP contribution in [0.4, 0.5) is 0 Å². The zero-order chi connectivity index (χ0) is 16.0. The van der Waals surface area contributed by atoms with Gasteiger partial charge in [-0.1, -0.05) is 12.1 Å². The molecule has 0 radical (unpaired) electrons. The van der Waals surface area contributed by atoms with Crippen LogP contribution >= 0.6 is 0 Å². The average Bonchev–Trinajstić information content (AvgIpc) is 2.48. The molecule has 0 saturated carbocycles. The molecule has 1 atom stereocenters. The Hall–Kier alpha value is -0.950. The Bertz CT molecular complexity index is 549. The first-order valence-corrected chi connectivity index (χ1v) is 9.40. The maximum Gasteiger partial charge on any atom is 0.240 e. The van der Waals surface area contributed by atoms with Gasteiger partial charge in [0.05, 0.1) is 4.90 Å². The van der Waals surface area contributed by atoms with E-state index >= 15 is 0 Å². The standard InChI is InChI=1S/C16H27N3O2S/c1-19(2)13-15-5-7-16(8-6-15)22(20,21)18-11-9-14-4-3-10-17-12-14/h5-8,14,17-18H,3-4,9-13H2,1-2H3. The third-order valence-electron chi connectivity index (χ3n) is 3.98. The van der Waals surface area contributed by atoms with Crippen LogP contribution in [-0.2, 0) is 16.6 Å². The SMILES string of the molecule is CN(C)Cc1ccc(S(=O)(=O)NCCC2CCCNC2)cc1. The van der Waals surface area contributed by atoms with Crippen LogP contribution in [0.2, 0.25) is 0 Å². The van der Waals surface area contributed by atoms with Gasteiger partial charge >= 0.3 is 0 Å². The van der Waals surface area contributed by atoms with E-state index in [0.717, 1.165) is 31.6 Å². The van der Waals surface area contributed by atoms with Gasteiger partial charge in [0.25, 0.3) is 0 Å². The zero-order valence-electron chi connectivity index (χ0n) is 13.5. The lowest BCUT2D eigenvalue weighted by Crippen LogP contribution is -2.33. The van der Waals surface area contributed by atoms with Crippen LogP contribution in [0.5, 0.6) is 0 Å². The summed E-state index contributed by atoms with van der Waals surface area (Å²) in [5.41, 5.74) is 1.11. The monoisotopic (exact) mass is 325 g/mol. The second-order valence-electron chi connectivity index (χ2n) is 6.28. The Balaban J connectivity index is 1.86. The number of rotatable bonds is 7. The van der Waals surface area contributed by atoms with Gasteiger partial charge in [0.2, 0.25) is 10.0 Å². The maximum absolute atomic E-state index is 12.3. The highest BCUT2D eigenvalue weighted by molar-refractivity contribution is 7.89. The maximum atomic E-state index is 12.3. The fourth-order valence-electron chi connectivity index (χ4n) is 2.79. The van der Waals surface area contributed by atoms with E-state index in [0.29, 0.717) is 17.4 Å². The molecule has 0 bridgehead atoms. The topological polar surface area (TPSA) is 61.4 Å². The lowest BCUT2D eigenvalue weighted by Gasteiger charge is -2.22. The fraction of sp³-hybridized carbons (Fsp3) is 0.625. The van der Waals surface area contributed by atoms with E-state index in [1.165, 1.54) is 12.8 Å². The first kappa shape index (κ1) is 17.4. The normalized spacial score (nSPS) is 19.5. The van der Waals surface area contributed by atoms with E-state index in [1.54, 1.807) is 12.1 Å². The highest BCUT2D eigenvalue weighted by atomic mass is 32.2. The molecular formula is C16H27N3O2S. The van der Waals surface area contributed by atoms with Gasteiger partial charge in [-0.3, -0.25) is 0 Å². The lowest BCUT2D eigenvalue weighted by molar-refractivity contribution is 0.358. The molecule has 0 aromatic heterocycles. The van der Waals surface area contributed by atoms with Gasteiger partial charge in [-0.05, 0) is 70.1 Å². The highest BCUT2D eigenvalue weighted by Gasteiger charge is 2.16. The van der Waals surface area contributed by atoms with Gasteiger partial charge in [-0.2, -0.15) is 0 Å². The number of hydrogen-bond acceptors (Lipinski definition) is 4. The Kier molecular flexibility index (Phi) is 6.37. The molecule has 1 heterocycles. The van der Waals surface area contributed by atoms with Crippen molar-refractivity contribution in [2.45, 2.75) is 30.7 Å². The molecule has 1 aliphatic heterocycles. The van der Waals surface area contributed by atoms with E-state index in [1.807, 2.05) is 26.2 Å². The average molecular weight is 325 g/mol. The third-order valence-corrected chi connectivity index (χ3v) is 5.45. The molecule has 0 amide bonds. The molecule has 1 aliphatic rings. The minimum Gasteiger partial charge on any atom is -0.316 e. The Morgan fingerprint density at radius 1 is 1.27 bits per heavy atom. The molecule has 1 aromatic rings. The summed E-state index contributed by atoms with van der Waals surface area (Å²) in [4.78, 5) is 2.40. The summed E-state index contributed by atoms with van der Waals surface area (Å²) in [7, 11) is 0.594. The fourth-order valence-corrected chi connectivity index (χ4v) is 3.84. The predicted octanol–water partition coefficient (Wildman–Crippen LogP) is 1.42. The van der Waals surface area contributed by atoms with Gasteiger partial charge < -0.3 is 10.2 Å². The summed E-state index contributed by atoms with van der Waals surface area (Å²) in [5, 5.41) is 3.35. The summed E-state index contributed by atoms with van der Waals surface area (Å²) in [5.74, 6) is 0.582. The van der Waals surface area contributed by atoms with Gasteiger partial charge in [0.1, 0.15) is 0 Å². The molecule has 1 aromatic carbocycles. The number of hydrogen-bond donors (Lipinski definition) is 2. The van der Waals surface area contributed by atoms with Crippen molar-refractivity contribution in [3.05, 3.63) is 29.8 Å². The first-order valence-electron chi connectivity index (χ1n) is 7.91. The molecule has 0 spiro atoms. The second-order valence-corrected chi connectivity index (χ2v) is 8.05. The highest BCUT2D eigenvalue weighted by Crippen LogP contribution is 2.15. The predicted molar refractivity (Wildman–Crippen MR) is 89.2 cm³/mol. The summed E-state index contributed by atoms with van der Waals surface area (Å²) in [6, 6.07) is 7.12. The molecule has 2 N–H and O–H groups in total. The quantitative estimate of drug-likeness (QED) is 0.796. The number of nitrogens with zero attached hydrogens (tertiary/aromatic N) is 1. The molecule has 6 heteroatoms. The van der Waals surface area contributed by atoms with Crippen LogP contribution < -0.4 is 10.0 Å². The minimum absolute atomic E-state index is 0.344. The third kappa shape index (κ3) is 5.35. The molecule has 1 saturated heterocycles. The molecule has 0 aliphatic carbocycles. The molecule has 22 heavy (non-hydrogen) atoms.